The summed E-state index contributed by atoms with van der Waals surface area (Å²) in [4.78, 5) is 4.55. The molecule has 0 aromatic heterocycles. The molecule has 282 valence electrons. The summed E-state index contributed by atoms with van der Waals surface area (Å²) in [5, 5.41) is 25.1. The lowest BCUT2D eigenvalue weighted by molar-refractivity contribution is 1.30. The summed E-state index contributed by atoms with van der Waals surface area (Å²) in [6, 6.07) is 75.5. The molecule has 9 aromatic carbocycles. The van der Waals surface area contributed by atoms with Gasteiger partial charge in [-0.25, -0.2) is 0 Å². The summed E-state index contributed by atoms with van der Waals surface area (Å²) in [7, 11) is 0. The van der Waals surface area contributed by atoms with E-state index >= 15 is 0 Å². The Morgan fingerprint density at radius 2 is 0.683 bits per heavy atom. The first-order valence-electron chi connectivity index (χ1n) is 19.9. The predicted octanol–water partition coefficient (Wildman–Crippen LogP) is 15.0. The lowest BCUT2D eigenvalue weighted by Crippen LogP contribution is -2.10. The highest BCUT2D eigenvalue weighted by Gasteiger charge is 2.16. The van der Waals surface area contributed by atoms with E-state index < -0.39 is 0 Å². The molecule has 4 nitrogen and oxygen atoms in total. The zero-order chi connectivity index (χ0) is 40.7. The Bertz CT molecular complexity index is 2870. The number of hydrogen-bond donors (Lipinski definition) is 0. The van der Waals surface area contributed by atoms with Gasteiger partial charge < -0.3 is 9.80 Å². The SMILES string of the molecule is N#Cc1cc(/C=C\c2ccc(N(c3ccccc3)c3cccc4ccccc34)cc2)c(C#N)cc1/C=C\c1ccc(N(c2ccccc2)c2cccc3ccccc23)cc1. The van der Waals surface area contributed by atoms with Crippen LogP contribution < -0.4 is 9.80 Å². The molecular formula is C56H38N4. The minimum Gasteiger partial charge on any atom is -0.310 e. The first-order valence-corrected chi connectivity index (χ1v) is 19.9. The Labute approximate surface area is 350 Å². The van der Waals surface area contributed by atoms with Crippen LogP contribution in [0.25, 0.3) is 45.8 Å². The van der Waals surface area contributed by atoms with Crippen molar-refractivity contribution in [2.45, 2.75) is 0 Å². The molecule has 9 rings (SSSR count). The smallest absolute Gasteiger partial charge is 0.0998 e. The van der Waals surface area contributed by atoms with E-state index in [4.69, 9.17) is 0 Å². The number of para-hydroxylation sites is 2. The van der Waals surface area contributed by atoms with Gasteiger partial charge in [0.15, 0.2) is 0 Å². The second-order valence-corrected chi connectivity index (χ2v) is 14.4. The van der Waals surface area contributed by atoms with Gasteiger partial charge in [0.2, 0.25) is 0 Å². The van der Waals surface area contributed by atoms with Gasteiger partial charge in [0.25, 0.3) is 0 Å². The Kier molecular flexibility index (Phi) is 10.5. The van der Waals surface area contributed by atoms with Gasteiger partial charge in [0, 0.05) is 33.5 Å². The zero-order valence-corrected chi connectivity index (χ0v) is 32.7. The minimum atomic E-state index is 0.497. The van der Waals surface area contributed by atoms with Crippen molar-refractivity contribution < 1.29 is 0 Å². The molecule has 0 bridgehead atoms. The van der Waals surface area contributed by atoms with Crippen LogP contribution in [-0.4, -0.2) is 0 Å². The molecule has 0 unspecified atom stereocenters. The van der Waals surface area contributed by atoms with Crippen LogP contribution in [0.4, 0.5) is 34.1 Å². The van der Waals surface area contributed by atoms with E-state index in [-0.39, 0.29) is 0 Å². The molecule has 0 saturated carbocycles. The zero-order valence-electron chi connectivity index (χ0n) is 32.7. The van der Waals surface area contributed by atoms with Crippen molar-refractivity contribution in [1.29, 1.82) is 10.5 Å². The summed E-state index contributed by atoms with van der Waals surface area (Å²) in [5.74, 6) is 0. The van der Waals surface area contributed by atoms with Crippen molar-refractivity contribution in [1.82, 2.24) is 0 Å². The lowest BCUT2D eigenvalue weighted by Gasteiger charge is -2.27. The Morgan fingerprint density at radius 3 is 1.08 bits per heavy atom. The van der Waals surface area contributed by atoms with E-state index in [1.165, 1.54) is 21.5 Å². The number of anilines is 6. The molecule has 0 aliphatic rings. The quantitative estimate of drug-likeness (QED) is 0.130. The third-order valence-corrected chi connectivity index (χ3v) is 10.7. The molecule has 0 aliphatic carbocycles. The standard InChI is InChI=1S/C56H38N4/c57-39-47-38-46(32-26-42-29-35-52(36-30-42)60(50-19-5-2-6-20-50)56-24-12-16-44-14-8-10-22-54(44)56)48(40-58)37-45(47)31-25-41-27-33-51(34-28-41)59(49-17-3-1-4-18-49)55-23-11-15-43-13-7-9-21-53(43)55/h1-38H/b31-25-,32-26-. The first-order chi connectivity index (χ1) is 29.7. The van der Waals surface area contributed by atoms with Gasteiger partial charge in [-0.15, -0.1) is 0 Å². The molecule has 0 saturated heterocycles. The van der Waals surface area contributed by atoms with E-state index in [2.05, 4.69) is 204 Å². The summed E-state index contributed by atoms with van der Waals surface area (Å²) >= 11 is 0. The predicted molar refractivity (Wildman–Crippen MR) is 251 cm³/mol. The highest BCUT2D eigenvalue weighted by atomic mass is 15.1. The van der Waals surface area contributed by atoms with Crippen molar-refractivity contribution >= 4 is 80.0 Å². The summed E-state index contributed by atoms with van der Waals surface area (Å²) in [5.41, 5.74) is 10.7. The van der Waals surface area contributed by atoms with Gasteiger partial charge in [-0.1, -0.05) is 158 Å². The molecule has 0 fully saturated rings. The van der Waals surface area contributed by atoms with Crippen molar-refractivity contribution in [3.8, 4) is 12.1 Å². The molecule has 0 amide bonds. The Balaban J connectivity index is 0.967. The highest BCUT2D eigenvalue weighted by molar-refractivity contribution is 6.00. The molecule has 0 atom stereocenters. The fourth-order valence-corrected chi connectivity index (χ4v) is 7.76. The van der Waals surface area contributed by atoms with Crippen molar-refractivity contribution in [2.75, 3.05) is 9.80 Å². The Hall–Kier alpha value is -8.44. The van der Waals surface area contributed by atoms with E-state index in [1.807, 2.05) is 36.4 Å². The molecule has 0 heterocycles. The third-order valence-electron chi connectivity index (χ3n) is 10.7. The monoisotopic (exact) mass is 766 g/mol. The van der Waals surface area contributed by atoms with E-state index in [1.54, 1.807) is 12.1 Å². The number of fused-ring (bicyclic) bond motifs is 2. The third kappa shape index (κ3) is 7.65. The Morgan fingerprint density at radius 1 is 0.333 bits per heavy atom. The summed E-state index contributed by atoms with van der Waals surface area (Å²) in [6.45, 7) is 0. The van der Waals surface area contributed by atoms with Crippen LogP contribution in [0.15, 0.2) is 206 Å². The van der Waals surface area contributed by atoms with Crippen LogP contribution in [0.5, 0.6) is 0 Å². The van der Waals surface area contributed by atoms with E-state index in [0.29, 0.717) is 22.3 Å². The van der Waals surface area contributed by atoms with Gasteiger partial charge in [-0.2, -0.15) is 10.5 Å². The molecule has 4 heteroatoms. The molecular weight excluding hydrogens is 729 g/mol. The van der Waals surface area contributed by atoms with Gasteiger partial charge in [-0.3, -0.25) is 0 Å². The van der Waals surface area contributed by atoms with Crippen molar-refractivity contribution in [2.24, 2.45) is 0 Å². The summed E-state index contributed by atoms with van der Waals surface area (Å²) in [6.07, 6.45) is 7.79. The molecule has 0 N–H and O–H groups in total. The maximum Gasteiger partial charge on any atom is 0.0998 e. The number of rotatable bonds is 10. The second-order valence-electron chi connectivity index (χ2n) is 14.4. The van der Waals surface area contributed by atoms with E-state index in [0.717, 1.165) is 45.3 Å². The van der Waals surface area contributed by atoms with E-state index in [9.17, 15) is 10.5 Å². The number of nitriles is 2. The van der Waals surface area contributed by atoms with Crippen molar-refractivity contribution in [3.63, 3.8) is 0 Å². The highest BCUT2D eigenvalue weighted by Crippen LogP contribution is 2.40. The number of benzene rings is 9. The first kappa shape index (κ1) is 37.2. The van der Waals surface area contributed by atoms with Crippen LogP contribution in [0.2, 0.25) is 0 Å². The molecule has 60 heavy (non-hydrogen) atoms. The van der Waals surface area contributed by atoms with Gasteiger partial charge in [0.05, 0.1) is 34.6 Å². The minimum absolute atomic E-state index is 0.497. The van der Waals surface area contributed by atoms with Gasteiger partial charge in [0.1, 0.15) is 0 Å². The largest absolute Gasteiger partial charge is 0.310 e. The average Bonchev–Trinajstić information content (AvgIpc) is 3.32. The lowest BCUT2D eigenvalue weighted by atomic mass is 9.97. The molecule has 0 radical (unpaired) electrons. The molecule has 0 aliphatic heterocycles. The van der Waals surface area contributed by atoms with Crippen LogP contribution in [-0.2, 0) is 0 Å². The maximum absolute atomic E-state index is 10.2. The second kappa shape index (κ2) is 17.0. The van der Waals surface area contributed by atoms with Gasteiger partial charge >= 0.3 is 0 Å². The number of hydrogen-bond acceptors (Lipinski definition) is 4. The maximum atomic E-state index is 10.2. The van der Waals surface area contributed by atoms with Crippen LogP contribution in [0.3, 0.4) is 0 Å². The van der Waals surface area contributed by atoms with Crippen LogP contribution in [0.1, 0.15) is 33.4 Å². The van der Waals surface area contributed by atoms with Crippen LogP contribution in [0, 0.1) is 22.7 Å². The normalized spacial score (nSPS) is 11.2. The van der Waals surface area contributed by atoms with Gasteiger partial charge in [-0.05, 0) is 106 Å². The average molecular weight is 767 g/mol. The number of nitrogens with zero attached hydrogens (tertiary/aromatic N) is 4. The topological polar surface area (TPSA) is 54.1 Å². The fraction of sp³-hybridized carbons (Fsp3) is 0. The summed E-state index contributed by atoms with van der Waals surface area (Å²) < 4.78 is 0. The molecule has 9 aromatic rings. The van der Waals surface area contributed by atoms with Crippen LogP contribution >= 0.6 is 0 Å². The fourth-order valence-electron chi connectivity index (χ4n) is 7.76. The molecule has 0 spiro atoms. The van der Waals surface area contributed by atoms with Crippen molar-refractivity contribution in [3.05, 3.63) is 240 Å².